The van der Waals surface area contributed by atoms with Crippen LogP contribution in [-0.4, -0.2) is 65.3 Å². The van der Waals surface area contributed by atoms with Crippen LogP contribution in [0.4, 0.5) is 0 Å². The van der Waals surface area contributed by atoms with Gasteiger partial charge in [-0.25, -0.2) is 0 Å². The van der Waals surface area contributed by atoms with Gasteiger partial charge < -0.3 is 9.80 Å². The number of piperazine rings is 1. The smallest absolute Gasteiger partial charge is 0.254 e. The Morgan fingerprint density at radius 1 is 1.03 bits per heavy atom. The van der Waals surface area contributed by atoms with E-state index in [2.05, 4.69) is 40.6 Å². The van der Waals surface area contributed by atoms with E-state index in [1.54, 1.807) is 24.3 Å². The second kappa shape index (κ2) is 9.90. The fourth-order valence-corrected chi connectivity index (χ4v) is 6.21. The van der Waals surface area contributed by atoms with E-state index in [4.69, 9.17) is 11.6 Å². The Hall–Kier alpha value is -2.67. The van der Waals surface area contributed by atoms with Gasteiger partial charge in [-0.1, -0.05) is 48.0 Å². The lowest BCUT2D eigenvalue weighted by Crippen LogP contribution is -2.57. The Kier molecular flexibility index (Phi) is 6.73. The van der Waals surface area contributed by atoms with E-state index in [0.717, 1.165) is 13.0 Å². The molecule has 0 radical (unpaired) electrons. The first-order valence-corrected chi connectivity index (χ1v) is 13.0. The third kappa shape index (κ3) is 4.63. The fraction of sp³-hybridized carbons (Fsp3) is 0.333. The van der Waals surface area contributed by atoms with Crippen molar-refractivity contribution < 1.29 is 9.59 Å². The predicted molar refractivity (Wildman–Crippen MR) is 136 cm³/mol. The summed E-state index contributed by atoms with van der Waals surface area (Å²) in [6.07, 6.45) is 0.974. The largest absolute Gasteiger partial charge is 0.338 e. The van der Waals surface area contributed by atoms with Gasteiger partial charge in [-0.05, 0) is 54.1 Å². The van der Waals surface area contributed by atoms with Crippen molar-refractivity contribution in [1.82, 2.24) is 14.7 Å². The highest BCUT2D eigenvalue weighted by Crippen LogP contribution is 2.37. The number of carbonyl (C=O) groups excluding carboxylic acids is 2. The van der Waals surface area contributed by atoms with Crippen LogP contribution in [-0.2, 0) is 11.2 Å². The maximum atomic E-state index is 13.4. The van der Waals surface area contributed by atoms with Crippen molar-refractivity contribution in [3.8, 4) is 0 Å². The molecule has 0 spiro atoms. The zero-order valence-corrected chi connectivity index (χ0v) is 20.8. The quantitative estimate of drug-likeness (QED) is 0.528. The van der Waals surface area contributed by atoms with E-state index in [-0.39, 0.29) is 23.9 Å². The van der Waals surface area contributed by atoms with Crippen LogP contribution < -0.4 is 0 Å². The van der Waals surface area contributed by atoms with Gasteiger partial charge in [-0.2, -0.15) is 0 Å². The van der Waals surface area contributed by atoms with Gasteiger partial charge >= 0.3 is 0 Å². The first kappa shape index (κ1) is 23.1. The molecule has 34 heavy (non-hydrogen) atoms. The summed E-state index contributed by atoms with van der Waals surface area (Å²) in [5.41, 5.74) is 3.13. The topological polar surface area (TPSA) is 43.9 Å². The van der Waals surface area contributed by atoms with Gasteiger partial charge in [0.15, 0.2) is 0 Å². The van der Waals surface area contributed by atoms with Crippen LogP contribution in [0.2, 0.25) is 5.02 Å². The molecule has 1 fully saturated rings. The Morgan fingerprint density at radius 3 is 2.62 bits per heavy atom. The highest BCUT2D eigenvalue weighted by atomic mass is 35.5. The van der Waals surface area contributed by atoms with Crippen molar-refractivity contribution in [2.75, 3.05) is 32.7 Å². The molecule has 1 saturated heterocycles. The van der Waals surface area contributed by atoms with Gasteiger partial charge in [0, 0.05) is 47.7 Å². The van der Waals surface area contributed by atoms with Crippen LogP contribution in [0.1, 0.15) is 39.3 Å². The van der Waals surface area contributed by atoms with Gasteiger partial charge in [0.1, 0.15) is 0 Å². The lowest BCUT2D eigenvalue weighted by atomic mass is 9.93. The summed E-state index contributed by atoms with van der Waals surface area (Å²) in [5, 5.41) is 2.71. The van der Waals surface area contributed by atoms with Crippen molar-refractivity contribution >= 4 is 34.8 Å². The van der Waals surface area contributed by atoms with Crippen molar-refractivity contribution in [3.05, 3.63) is 92.6 Å². The first-order chi connectivity index (χ1) is 16.5. The molecule has 5 rings (SSSR count). The Bertz CT molecular complexity index is 1180. The summed E-state index contributed by atoms with van der Waals surface area (Å²) in [6.45, 7) is 4.86. The molecule has 5 nitrogen and oxygen atoms in total. The molecule has 2 aliphatic rings. The van der Waals surface area contributed by atoms with Crippen LogP contribution in [0.3, 0.4) is 0 Å². The Balaban J connectivity index is 1.27. The Labute approximate surface area is 209 Å². The van der Waals surface area contributed by atoms with Gasteiger partial charge in [-0.3, -0.25) is 14.5 Å². The van der Waals surface area contributed by atoms with Gasteiger partial charge in [0.25, 0.3) is 5.91 Å². The lowest BCUT2D eigenvalue weighted by Gasteiger charge is -2.42. The predicted octanol–water partition coefficient (Wildman–Crippen LogP) is 4.72. The number of carbonyl (C=O) groups is 2. The molecule has 2 aliphatic heterocycles. The number of benzene rings is 2. The minimum absolute atomic E-state index is 0.0349. The molecule has 0 unspecified atom stereocenters. The number of rotatable bonds is 4. The van der Waals surface area contributed by atoms with Gasteiger partial charge in [-0.15, -0.1) is 11.3 Å². The van der Waals surface area contributed by atoms with Crippen molar-refractivity contribution in [1.29, 1.82) is 0 Å². The molecule has 0 N–H and O–H groups in total. The molecule has 7 heteroatoms. The summed E-state index contributed by atoms with van der Waals surface area (Å²) < 4.78 is 0. The zero-order valence-electron chi connectivity index (χ0n) is 19.2. The first-order valence-electron chi connectivity index (χ1n) is 11.7. The molecular weight excluding hydrogens is 466 g/mol. The Morgan fingerprint density at radius 2 is 1.85 bits per heavy atom. The molecule has 3 heterocycles. The molecule has 2 aromatic carbocycles. The molecule has 176 valence electrons. The maximum Gasteiger partial charge on any atom is 0.254 e. The van der Waals surface area contributed by atoms with E-state index < -0.39 is 0 Å². The highest BCUT2D eigenvalue weighted by molar-refractivity contribution is 7.10. The minimum atomic E-state index is -0.0565. The molecule has 1 aromatic heterocycles. The summed E-state index contributed by atoms with van der Waals surface area (Å²) in [5.74, 6) is 0.0913. The standard InChI is InChI=1S/C27H28ClN3O2S/c1-19-17-29(13-14-31(19)27(33)21-8-5-9-22(28)16-21)25(32)18-30-12-10-24-23(11-15-34-24)26(30)20-6-3-2-4-7-20/h2-9,11,15-16,19,26H,10,12-14,17-18H2,1H3/t19-,26+/m0/s1. The van der Waals surface area contributed by atoms with E-state index in [1.807, 2.05) is 34.1 Å². The number of thiophene rings is 1. The van der Waals surface area contributed by atoms with E-state index in [1.165, 1.54) is 16.0 Å². The van der Waals surface area contributed by atoms with Crippen molar-refractivity contribution in [2.24, 2.45) is 0 Å². The van der Waals surface area contributed by atoms with Gasteiger partial charge in [0.05, 0.1) is 12.6 Å². The average Bonchev–Trinajstić information content (AvgIpc) is 3.33. The van der Waals surface area contributed by atoms with Crippen LogP contribution in [0.15, 0.2) is 66.0 Å². The van der Waals surface area contributed by atoms with Crippen molar-refractivity contribution in [2.45, 2.75) is 25.4 Å². The number of nitrogens with zero attached hydrogens (tertiary/aromatic N) is 3. The lowest BCUT2D eigenvalue weighted by molar-refractivity contribution is -0.135. The number of halogens is 1. The fourth-order valence-electron chi connectivity index (χ4n) is 5.11. The number of amides is 2. The summed E-state index contributed by atoms with van der Waals surface area (Å²) in [6, 6.07) is 19.8. The number of hydrogen-bond donors (Lipinski definition) is 0. The SMILES string of the molecule is C[C@H]1CN(C(=O)CN2CCc3sccc3[C@H]2c2ccccc2)CCN1C(=O)c1cccc(Cl)c1. The number of hydrogen-bond acceptors (Lipinski definition) is 4. The second-order valence-electron chi connectivity index (χ2n) is 9.03. The van der Waals surface area contributed by atoms with E-state index in [9.17, 15) is 9.59 Å². The summed E-state index contributed by atoms with van der Waals surface area (Å²) >= 11 is 7.88. The van der Waals surface area contributed by atoms with E-state index >= 15 is 0 Å². The molecule has 2 amide bonds. The molecule has 0 saturated carbocycles. The van der Waals surface area contributed by atoms with Crippen LogP contribution in [0, 0.1) is 0 Å². The normalized spacial score (nSPS) is 20.8. The van der Waals surface area contributed by atoms with Crippen LogP contribution >= 0.6 is 22.9 Å². The third-order valence-corrected chi connectivity index (χ3v) is 8.06. The van der Waals surface area contributed by atoms with Crippen LogP contribution in [0.25, 0.3) is 0 Å². The molecule has 2 atom stereocenters. The maximum absolute atomic E-state index is 13.4. The van der Waals surface area contributed by atoms with Gasteiger partial charge in [0.2, 0.25) is 5.91 Å². The molecular formula is C27H28ClN3O2S. The monoisotopic (exact) mass is 493 g/mol. The zero-order chi connectivity index (χ0) is 23.7. The average molecular weight is 494 g/mol. The van der Waals surface area contributed by atoms with Crippen molar-refractivity contribution in [3.63, 3.8) is 0 Å². The van der Waals surface area contributed by atoms with Crippen LogP contribution in [0.5, 0.6) is 0 Å². The number of fused-ring (bicyclic) bond motifs is 1. The molecule has 0 bridgehead atoms. The summed E-state index contributed by atoms with van der Waals surface area (Å²) in [4.78, 5) is 33.9. The third-order valence-electron chi connectivity index (χ3n) is 6.83. The minimum Gasteiger partial charge on any atom is -0.338 e. The summed E-state index contributed by atoms with van der Waals surface area (Å²) in [7, 11) is 0. The second-order valence-corrected chi connectivity index (χ2v) is 10.5. The molecule has 3 aromatic rings. The van der Waals surface area contributed by atoms with E-state index in [0.29, 0.717) is 36.8 Å². The molecule has 0 aliphatic carbocycles. The highest BCUT2D eigenvalue weighted by Gasteiger charge is 2.34.